The van der Waals surface area contributed by atoms with Crippen molar-refractivity contribution in [2.45, 2.75) is 17.8 Å². The second-order valence-electron chi connectivity index (χ2n) is 5.83. The normalized spacial score (nSPS) is 11.2. The molecule has 2 aromatic heterocycles. The average molecular weight is 383 g/mol. The molecule has 7 heteroatoms. The Morgan fingerprint density at radius 2 is 1.92 bits per heavy atom. The molecule has 0 saturated carbocycles. The molecule has 0 saturated heterocycles. The van der Waals surface area contributed by atoms with E-state index in [9.17, 15) is 4.79 Å². The van der Waals surface area contributed by atoms with Gasteiger partial charge in [0.2, 0.25) is 0 Å². The van der Waals surface area contributed by atoms with Crippen LogP contribution in [0.2, 0.25) is 5.02 Å². The van der Waals surface area contributed by atoms with Crippen molar-refractivity contribution in [3.05, 3.63) is 81.2 Å². The van der Waals surface area contributed by atoms with Crippen molar-refractivity contribution in [1.82, 2.24) is 19.7 Å². The van der Waals surface area contributed by atoms with Crippen molar-refractivity contribution in [3.63, 3.8) is 0 Å². The molecular weight excluding hydrogens is 368 g/mol. The number of fused-ring (bicyclic) bond motifs is 1. The second-order valence-corrected chi connectivity index (χ2v) is 7.18. The van der Waals surface area contributed by atoms with Crippen LogP contribution in [0.5, 0.6) is 0 Å². The number of aromatic amines is 1. The molecule has 0 atom stereocenters. The zero-order valence-electron chi connectivity index (χ0n) is 13.9. The number of thioether (sulfide) groups is 1. The topological polar surface area (TPSA) is 63.6 Å². The number of nitrogens with one attached hydrogen (secondary N) is 1. The summed E-state index contributed by atoms with van der Waals surface area (Å²) in [6.07, 6.45) is 1.52. The molecular formula is C19H15ClN4OS. The summed E-state index contributed by atoms with van der Waals surface area (Å²) in [5.74, 6) is 0.609. The highest BCUT2D eigenvalue weighted by Crippen LogP contribution is 2.27. The Bertz CT molecular complexity index is 1150. The number of hydrogen-bond donors (Lipinski definition) is 1. The summed E-state index contributed by atoms with van der Waals surface area (Å²) in [5.41, 5.74) is 3.16. The quantitative estimate of drug-likeness (QED) is 0.420. The van der Waals surface area contributed by atoms with Gasteiger partial charge in [-0.3, -0.25) is 14.5 Å². The third-order valence-electron chi connectivity index (χ3n) is 4.12. The van der Waals surface area contributed by atoms with Crippen molar-refractivity contribution >= 4 is 34.4 Å². The maximum atomic E-state index is 13.1. The maximum absolute atomic E-state index is 13.1. The van der Waals surface area contributed by atoms with Crippen molar-refractivity contribution in [2.24, 2.45) is 0 Å². The van der Waals surface area contributed by atoms with Gasteiger partial charge in [0, 0.05) is 10.8 Å². The summed E-state index contributed by atoms with van der Waals surface area (Å²) in [4.78, 5) is 17.7. The van der Waals surface area contributed by atoms with E-state index in [2.05, 4.69) is 15.2 Å². The third kappa shape index (κ3) is 3.02. The fourth-order valence-electron chi connectivity index (χ4n) is 2.76. The minimum atomic E-state index is -0.139. The maximum Gasteiger partial charge on any atom is 0.269 e. The fraction of sp³-hybridized carbons (Fsp3) is 0.105. The van der Waals surface area contributed by atoms with Gasteiger partial charge in [-0.15, -0.1) is 0 Å². The van der Waals surface area contributed by atoms with Gasteiger partial charge in [0.25, 0.3) is 5.56 Å². The molecule has 4 aromatic rings. The Balaban J connectivity index is 1.85. The molecule has 5 nitrogen and oxygen atoms in total. The molecule has 26 heavy (non-hydrogen) atoms. The largest absolute Gasteiger partial charge is 0.269 e. The van der Waals surface area contributed by atoms with Crippen LogP contribution in [0.3, 0.4) is 0 Å². The first kappa shape index (κ1) is 16.9. The summed E-state index contributed by atoms with van der Waals surface area (Å²) >= 11 is 7.73. The first-order valence-electron chi connectivity index (χ1n) is 8.03. The average Bonchev–Trinajstić information content (AvgIpc) is 3.11. The van der Waals surface area contributed by atoms with Gasteiger partial charge in [0.15, 0.2) is 10.8 Å². The van der Waals surface area contributed by atoms with Crippen LogP contribution in [-0.2, 0) is 5.75 Å². The Morgan fingerprint density at radius 1 is 1.15 bits per heavy atom. The number of rotatable bonds is 4. The lowest BCUT2D eigenvalue weighted by atomic mass is 10.2. The van der Waals surface area contributed by atoms with E-state index in [1.54, 1.807) is 4.57 Å². The first-order valence-corrected chi connectivity index (χ1v) is 9.40. The van der Waals surface area contributed by atoms with Crippen LogP contribution in [0.4, 0.5) is 0 Å². The molecule has 0 radical (unpaired) electrons. The van der Waals surface area contributed by atoms with E-state index in [1.165, 1.54) is 18.0 Å². The second kappa shape index (κ2) is 6.97. The molecule has 130 valence electrons. The molecule has 0 aliphatic rings. The molecule has 2 heterocycles. The molecule has 4 rings (SSSR count). The van der Waals surface area contributed by atoms with Crippen LogP contribution >= 0.6 is 23.4 Å². The smallest absolute Gasteiger partial charge is 0.268 e. The Labute approximate surface area is 159 Å². The van der Waals surface area contributed by atoms with Gasteiger partial charge in [-0.25, -0.2) is 4.98 Å². The van der Waals surface area contributed by atoms with E-state index >= 15 is 0 Å². The summed E-state index contributed by atoms with van der Waals surface area (Å²) in [6.45, 7) is 1.98. The number of halogens is 1. The van der Waals surface area contributed by atoms with Crippen LogP contribution in [0.25, 0.3) is 16.7 Å². The van der Waals surface area contributed by atoms with Gasteiger partial charge in [-0.05, 0) is 30.2 Å². The molecule has 0 aliphatic carbocycles. The number of nitrogens with zero attached hydrogens (tertiary/aromatic N) is 3. The standard InChI is InChI=1S/C19H15ClN4OS/c1-12-6-2-5-9-16(12)24-18(25)14-10-21-23-17(14)22-19(24)26-11-13-7-3-4-8-15(13)20/h2-10H,11H2,1H3,(H,21,23). The third-order valence-corrected chi connectivity index (χ3v) is 5.48. The molecule has 0 bridgehead atoms. The van der Waals surface area contributed by atoms with Gasteiger partial charge in [0.05, 0.1) is 11.9 Å². The number of aromatic nitrogens is 4. The minimum absolute atomic E-state index is 0.139. The Kier molecular flexibility index (Phi) is 4.53. The van der Waals surface area contributed by atoms with E-state index in [-0.39, 0.29) is 5.56 Å². The SMILES string of the molecule is Cc1ccccc1-n1c(SCc2ccccc2Cl)nc2[nH]ncc2c1=O. The zero-order valence-corrected chi connectivity index (χ0v) is 15.5. The van der Waals surface area contributed by atoms with Crippen LogP contribution in [0.15, 0.2) is 64.7 Å². The lowest BCUT2D eigenvalue weighted by Crippen LogP contribution is -2.22. The van der Waals surface area contributed by atoms with Gasteiger partial charge in [-0.1, -0.05) is 59.8 Å². The lowest BCUT2D eigenvalue weighted by molar-refractivity contribution is 0.811. The minimum Gasteiger partial charge on any atom is -0.268 e. The summed E-state index contributed by atoms with van der Waals surface area (Å²) in [7, 11) is 0. The highest BCUT2D eigenvalue weighted by Gasteiger charge is 2.16. The number of H-pyrrole nitrogens is 1. The molecule has 1 N–H and O–H groups in total. The van der Waals surface area contributed by atoms with Gasteiger partial charge in [-0.2, -0.15) is 5.10 Å². The molecule has 0 fully saturated rings. The number of hydrogen-bond acceptors (Lipinski definition) is 4. The van der Waals surface area contributed by atoms with Crippen LogP contribution in [0.1, 0.15) is 11.1 Å². The molecule has 2 aromatic carbocycles. The van der Waals surface area contributed by atoms with Gasteiger partial charge < -0.3 is 0 Å². The van der Waals surface area contributed by atoms with Crippen LogP contribution in [0, 0.1) is 6.92 Å². The Hall–Kier alpha value is -2.57. The van der Waals surface area contributed by atoms with Crippen LogP contribution < -0.4 is 5.56 Å². The van der Waals surface area contributed by atoms with E-state index in [0.29, 0.717) is 27.0 Å². The van der Waals surface area contributed by atoms with Crippen molar-refractivity contribution < 1.29 is 0 Å². The lowest BCUT2D eigenvalue weighted by Gasteiger charge is -2.14. The molecule has 0 unspecified atom stereocenters. The number of para-hydroxylation sites is 1. The Morgan fingerprint density at radius 3 is 2.73 bits per heavy atom. The van der Waals surface area contributed by atoms with E-state index < -0.39 is 0 Å². The zero-order chi connectivity index (χ0) is 18.1. The van der Waals surface area contributed by atoms with E-state index in [1.807, 2.05) is 55.5 Å². The fourth-order valence-corrected chi connectivity index (χ4v) is 4.04. The summed E-state index contributed by atoms with van der Waals surface area (Å²) in [5, 5.41) is 8.52. The monoisotopic (exact) mass is 382 g/mol. The van der Waals surface area contributed by atoms with Gasteiger partial charge >= 0.3 is 0 Å². The van der Waals surface area contributed by atoms with Crippen LogP contribution in [-0.4, -0.2) is 19.7 Å². The predicted molar refractivity (Wildman–Crippen MR) is 105 cm³/mol. The molecule has 0 amide bonds. The highest BCUT2D eigenvalue weighted by molar-refractivity contribution is 7.98. The molecule has 0 spiro atoms. The highest BCUT2D eigenvalue weighted by atomic mass is 35.5. The van der Waals surface area contributed by atoms with E-state index in [4.69, 9.17) is 11.6 Å². The van der Waals surface area contributed by atoms with E-state index in [0.717, 1.165) is 16.8 Å². The van der Waals surface area contributed by atoms with Gasteiger partial charge in [0.1, 0.15) is 5.39 Å². The predicted octanol–water partition coefficient (Wildman–Crippen LogP) is 4.36. The van der Waals surface area contributed by atoms with Crippen molar-refractivity contribution in [1.29, 1.82) is 0 Å². The number of benzene rings is 2. The van der Waals surface area contributed by atoms with Crippen molar-refractivity contribution in [2.75, 3.05) is 0 Å². The summed E-state index contributed by atoms with van der Waals surface area (Å²) in [6, 6.07) is 15.4. The summed E-state index contributed by atoms with van der Waals surface area (Å²) < 4.78 is 1.65. The molecule has 0 aliphatic heterocycles. The first-order chi connectivity index (χ1) is 12.6. The van der Waals surface area contributed by atoms with Crippen molar-refractivity contribution in [3.8, 4) is 5.69 Å². The number of aryl methyl sites for hydroxylation is 1.